The summed E-state index contributed by atoms with van der Waals surface area (Å²) < 4.78 is 0. The van der Waals surface area contributed by atoms with E-state index in [-0.39, 0.29) is 0 Å². The fraction of sp³-hybridized carbons (Fsp3) is 0.667. The summed E-state index contributed by atoms with van der Waals surface area (Å²) >= 11 is 4.01. The van der Waals surface area contributed by atoms with Crippen molar-refractivity contribution in [2.24, 2.45) is 11.3 Å². The number of aryl methyl sites for hydroxylation is 2. The summed E-state index contributed by atoms with van der Waals surface area (Å²) in [5, 5.41) is 0. The van der Waals surface area contributed by atoms with E-state index in [2.05, 4.69) is 61.8 Å². The van der Waals surface area contributed by atoms with Gasteiger partial charge in [0, 0.05) is 4.83 Å². The molecule has 0 N–H and O–H groups in total. The van der Waals surface area contributed by atoms with Crippen molar-refractivity contribution in [1.82, 2.24) is 0 Å². The van der Waals surface area contributed by atoms with Crippen LogP contribution in [0.2, 0.25) is 0 Å². The van der Waals surface area contributed by atoms with Crippen LogP contribution in [-0.4, -0.2) is 4.83 Å². The van der Waals surface area contributed by atoms with Crippen molar-refractivity contribution in [3.8, 4) is 0 Å². The van der Waals surface area contributed by atoms with Crippen LogP contribution in [0.3, 0.4) is 0 Å². The molecule has 0 amide bonds. The molecule has 0 radical (unpaired) electrons. The Labute approximate surface area is 127 Å². The van der Waals surface area contributed by atoms with Crippen LogP contribution < -0.4 is 0 Å². The summed E-state index contributed by atoms with van der Waals surface area (Å²) in [6, 6.07) is 6.84. The standard InChI is InChI=1S/C18H27Br/c1-13-8-9-14(2)15(11-13)12-17(19)16-7-5-6-10-18(16,3)4/h8-9,11,16-17H,5-7,10,12H2,1-4H3. The van der Waals surface area contributed by atoms with Gasteiger partial charge in [-0.2, -0.15) is 0 Å². The first-order valence-electron chi connectivity index (χ1n) is 7.60. The van der Waals surface area contributed by atoms with Crippen LogP contribution in [0.4, 0.5) is 0 Å². The van der Waals surface area contributed by atoms with Crippen molar-refractivity contribution >= 4 is 15.9 Å². The van der Waals surface area contributed by atoms with Crippen LogP contribution in [0.25, 0.3) is 0 Å². The maximum atomic E-state index is 4.01. The fourth-order valence-corrected chi connectivity index (χ4v) is 4.89. The Balaban J connectivity index is 2.11. The van der Waals surface area contributed by atoms with Gasteiger partial charge in [0.25, 0.3) is 0 Å². The number of benzene rings is 1. The highest BCUT2D eigenvalue weighted by Gasteiger charge is 2.36. The monoisotopic (exact) mass is 322 g/mol. The molecule has 0 saturated heterocycles. The molecular weight excluding hydrogens is 296 g/mol. The van der Waals surface area contributed by atoms with E-state index in [0.717, 1.165) is 5.92 Å². The van der Waals surface area contributed by atoms with Crippen LogP contribution >= 0.6 is 15.9 Å². The Bertz CT molecular complexity index is 433. The molecule has 106 valence electrons. The number of hydrogen-bond donors (Lipinski definition) is 0. The zero-order chi connectivity index (χ0) is 14.0. The molecule has 1 fully saturated rings. The van der Waals surface area contributed by atoms with E-state index < -0.39 is 0 Å². The van der Waals surface area contributed by atoms with Crippen molar-refractivity contribution in [2.45, 2.75) is 64.6 Å². The van der Waals surface area contributed by atoms with Crippen LogP contribution in [0.15, 0.2) is 18.2 Å². The Morgan fingerprint density at radius 3 is 2.68 bits per heavy atom. The van der Waals surface area contributed by atoms with Crippen molar-refractivity contribution in [3.05, 3.63) is 34.9 Å². The lowest BCUT2D eigenvalue weighted by Crippen LogP contribution is -2.35. The molecule has 1 aromatic rings. The molecule has 1 aliphatic carbocycles. The molecular formula is C18H27Br. The summed E-state index contributed by atoms with van der Waals surface area (Å²) in [5.41, 5.74) is 4.82. The summed E-state index contributed by atoms with van der Waals surface area (Å²) in [6.45, 7) is 9.33. The third-order valence-corrected chi connectivity index (χ3v) is 5.91. The summed E-state index contributed by atoms with van der Waals surface area (Å²) in [6.07, 6.45) is 6.75. The molecule has 0 spiro atoms. The first-order chi connectivity index (χ1) is 8.90. The lowest BCUT2D eigenvalue weighted by Gasteiger charge is -2.41. The molecule has 0 aromatic heterocycles. The quantitative estimate of drug-likeness (QED) is 0.614. The van der Waals surface area contributed by atoms with Crippen molar-refractivity contribution in [3.63, 3.8) is 0 Å². The maximum absolute atomic E-state index is 4.01. The number of hydrogen-bond acceptors (Lipinski definition) is 0. The minimum Gasteiger partial charge on any atom is -0.0884 e. The van der Waals surface area contributed by atoms with Crippen molar-refractivity contribution in [1.29, 1.82) is 0 Å². The highest BCUT2D eigenvalue weighted by atomic mass is 79.9. The van der Waals surface area contributed by atoms with Crippen LogP contribution in [-0.2, 0) is 6.42 Å². The average molecular weight is 323 g/mol. The van der Waals surface area contributed by atoms with Crippen LogP contribution in [0.5, 0.6) is 0 Å². The van der Waals surface area contributed by atoms with Gasteiger partial charge in [0.05, 0.1) is 0 Å². The first kappa shape index (κ1) is 15.1. The topological polar surface area (TPSA) is 0 Å². The Morgan fingerprint density at radius 1 is 1.26 bits per heavy atom. The molecule has 1 heteroatoms. The van der Waals surface area contributed by atoms with E-state index in [0.29, 0.717) is 10.2 Å². The molecule has 0 nitrogen and oxygen atoms in total. The van der Waals surface area contributed by atoms with Gasteiger partial charge in [-0.25, -0.2) is 0 Å². The molecule has 0 bridgehead atoms. The Kier molecular flexibility index (Phi) is 4.76. The second kappa shape index (κ2) is 5.99. The molecule has 2 rings (SSSR count). The van der Waals surface area contributed by atoms with E-state index >= 15 is 0 Å². The number of halogens is 1. The molecule has 2 unspecified atom stereocenters. The SMILES string of the molecule is Cc1ccc(C)c(CC(Br)C2CCCCC2(C)C)c1. The van der Waals surface area contributed by atoms with Gasteiger partial charge in [-0.1, -0.05) is 66.4 Å². The lowest BCUT2D eigenvalue weighted by atomic mass is 9.67. The third-order valence-electron chi connectivity index (χ3n) is 4.95. The van der Waals surface area contributed by atoms with Gasteiger partial charge in [0.1, 0.15) is 0 Å². The van der Waals surface area contributed by atoms with E-state index in [1.165, 1.54) is 48.8 Å². The van der Waals surface area contributed by atoms with Gasteiger partial charge in [-0.05, 0) is 55.6 Å². The third kappa shape index (κ3) is 3.62. The first-order valence-corrected chi connectivity index (χ1v) is 8.52. The van der Waals surface area contributed by atoms with Crippen molar-refractivity contribution in [2.75, 3.05) is 0 Å². The zero-order valence-electron chi connectivity index (χ0n) is 12.8. The second-order valence-corrected chi connectivity index (χ2v) is 8.17. The number of alkyl halides is 1. The highest BCUT2D eigenvalue weighted by Crippen LogP contribution is 2.45. The molecule has 0 aliphatic heterocycles. The molecule has 1 saturated carbocycles. The van der Waals surface area contributed by atoms with Crippen LogP contribution in [0.1, 0.15) is 56.2 Å². The average Bonchev–Trinajstić information content (AvgIpc) is 2.33. The Morgan fingerprint density at radius 2 is 2.00 bits per heavy atom. The normalized spacial score (nSPS) is 24.2. The number of rotatable bonds is 3. The van der Waals surface area contributed by atoms with Gasteiger partial charge in [0.2, 0.25) is 0 Å². The van der Waals surface area contributed by atoms with E-state index in [1.54, 1.807) is 0 Å². The highest BCUT2D eigenvalue weighted by molar-refractivity contribution is 9.09. The predicted octanol–water partition coefficient (Wildman–Crippen LogP) is 5.83. The van der Waals surface area contributed by atoms with Gasteiger partial charge in [-0.3, -0.25) is 0 Å². The maximum Gasteiger partial charge on any atom is 0.0219 e. The van der Waals surface area contributed by atoms with Gasteiger partial charge in [0.15, 0.2) is 0 Å². The second-order valence-electron chi connectivity index (χ2n) is 6.99. The minimum atomic E-state index is 0.490. The summed E-state index contributed by atoms with van der Waals surface area (Å²) in [7, 11) is 0. The molecule has 19 heavy (non-hydrogen) atoms. The largest absolute Gasteiger partial charge is 0.0884 e. The zero-order valence-corrected chi connectivity index (χ0v) is 14.4. The minimum absolute atomic E-state index is 0.490. The van der Waals surface area contributed by atoms with E-state index in [1.807, 2.05) is 0 Å². The van der Waals surface area contributed by atoms with Gasteiger partial charge in [-0.15, -0.1) is 0 Å². The lowest BCUT2D eigenvalue weighted by molar-refractivity contribution is 0.136. The van der Waals surface area contributed by atoms with E-state index in [4.69, 9.17) is 0 Å². The summed E-state index contributed by atoms with van der Waals surface area (Å²) in [4.78, 5) is 0.614. The van der Waals surface area contributed by atoms with Crippen LogP contribution in [0, 0.1) is 25.2 Å². The van der Waals surface area contributed by atoms with Crippen molar-refractivity contribution < 1.29 is 0 Å². The molecule has 1 aliphatic rings. The molecule has 0 heterocycles. The predicted molar refractivity (Wildman–Crippen MR) is 88.1 cm³/mol. The van der Waals surface area contributed by atoms with Gasteiger partial charge < -0.3 is 0 Å². The summed E-state index contributed by atoms with van der Waals surface area (Å²) in [5.74, 6) is 0.807. The molecule has 1 aromatic carbocycles. The van der Waals surface area contributed by atoms with E-state index in [9.17, 15) is 0 Å². The van der Waals surface area contributed by atoms with Gasteiger partial charge >= 0.3 is 0 Å². The molecule has 2 atom stereocenters. The smallest absolute Gasteiger partial charge is 0.0219 e. The Hall–Kier alpha value is -0.300. The fourth-order valence-electron chi connectivity index (χ4n) is 3.56.